The van der Waals surface area contributed by atoms with Crippen LogP contribution in [0.4, 0.5) is 0 Å². The number of amides is 1. The second-order valence-electron chi connectivity index (χ2n) is 7.53. The number of pyridine rings is 2. The number of hydrogen-bond acceptors (Lipinski definition) is 5. The molecule has 0 aliphatic carbocycles. The predicted octanol–water partition coefficient (Wildman–Crippen LogP) is 4.05. The van der Waals surface area contributed by atoms with Crippen LogP contribution in [-0.4, -0.2) is 45.2 Å². The van der Waals surface area contributed by atoms with E-state index in [-0.39, 0.29) is 10.7 Å². The van der Waals surface area contributed by atoms with Crippen molar-refractivity contribution in [3.8, 4) is 17.0 Å². The monoisotopic (exact) mass is 446 g/mol. The highest BCUT2D eigenvalue weighted by atomic mass is 35.5. The summed E-state index contributed by atoms with van der Waals surface area (Å²) in [5, 5.41) is 0.668. The van der Waals surface area contributed by atoms with Crippen molar-refractivity contribution in [2.24, 2.45) is 0 Å². The van der Waals surface area contributed by atoms with Crippen LogP contribution < -0.4 is 4.74 Å². The Hall–Kier alpha value is -3.71. The molecule has 1 aliphatic rings. The molecule has 0 spiro atoms. The van der Waals surface area contributed by atoms with Crippen molar-refractivity contribution in [3.05, 3.63) is 76.8 Å². The maximum absolute atomic E-state index is 13.2. The Bertz CT molecular complexity index is 1350. The zero-order valence-electron chi connectivity index (χ0n) is 17.3. The predicted molar refractivity (Wildman–Crippen MR) is 121 cm³/mol. The van der Waals surface area contributed by atoms with Crippen molar-refractivity contribution >= 4 is 34.2 Å². The minimum absolute atomic E-state index is 0.209. The smallest absolute Gasteiger partial charge is 0.295 e. The number of H-pyrrole nitrogens is 1. The zero-order valence-corrected chi connectivity index (χ0v) is 18.0. The number of halogens is 1. The maximum atomic E-state index is 13.2. The first-order valence-electron chi connectivity index (χ1n) is 10.1. The highest BCUT2D eigenvalue weighted by molar-refractivity contribution is 6.45. The number of ketones is 1. The van der Waals surface area contributed by atoms with E-state index in [0.29, 0.717) is 36.2 Å². The Kier molecular flexibility index (Phi) is 5.11. The highest BCUT2D eigenvalue weighted by Crippen LogP contribution is 2.33. The Morgan fingerprint density at radius 2 is 2.03 bits per heavy atom. The van der Waals surface area contributed by atoms with Gasteiger partial charge in [0.05, 0.1) is 35.5 Å². The van der Waals surface area contributed by atoms with Crippen molar-refractivity contribution in [2.45, 2.75) is 13.0 Å². The van der Waals surface area contributed by atoms with Gasteiger partial charge in [-0.05, 0) is 29.7 Å². The normalized spacial score (nSPS) is 13.1. The summed E-state index contributed by atoms with van der Waals surface area (Å²) in [6.45, 7) is 0.811. The molecule has 32 heavy (non-hydrogen) atoms. The molecule has 7 nitrogen and oxygen atoms in total. The quantitative estimate of drug-likeness (QED) is 0.290. The molecule has 4 aromatic rings. The highest BCUT2D eigenvalue weighted by Gasteiger charge is 2.30. The molecule has 1 aliphatic heterocycles. The van der Waals surface area contributed by atoms with Crippen LogP contribution in [0, 0.1) is 0 Å². The number of aromatic nitrogens is 3. The van der Waals surface area contributed by atoms with Crippen molar-refractivity contribution in [3.63, 3.8) is 0 Å². The summed E-state index contributed by atoms with van der Waals surface area (Å²) in [5.41, 5.74) is 4.82. The van der Waals surface area contributed by atoms with Gasteiger partial charge in [0.25, 0.3) is 11.7 Å². The van der Waals surface area contributed by atoms with Crippen LogP contribution in [0.5, 0.6) is 5.75 Å². The first kappa shape index (κ1) is 20.2. The Balaban J connectivity index is 1.45. The third-order valence-corrected chi connectivity index (χ3v) is 6.07. The summed E-state index contributed by atoms with van der Waals surface area (Å²) in [4.78, 5) is 39.3. The first-order valence-corrected chi connectivity index (χ1v) is 10.5. The number of carbonyl (C=O) groups is 2. The number of hydrogen-bond donors (Lipinski definition) is 1. The Labute approximate surface area is 189 Å². The fourth-order valence-corrected chi connectivity index (χ4v) is 4.42. The summed E-state index contributed by atoms with van der Waals surface area (Å²) in [6.07, 6.45) is 5.34. The van der Waals surface area contributed by atoms with E-state index in [2.05, 4.69) is 15.0 Å². The van der Waals surface area contributed by atoms with Gasteiger partial charge in [0.1, 0.15) is 5.75 Å². The number of methoxy groups -OCH3 is 1. The van der Waals surface area contributed by atoms with Gasteiger partial charge in [-0.25, -0.2) is 4.98 Å². The van der Waals surface area contributed by atoms with Crippen LogP contribution in [-0.2, 0) is 17.8 Å². The Morgan fingerprint density at radius 1 is 1.16 bits per heavy atom. The van der Waals surface area contributed by atoms with E-state index in [1.807, 2.05) is 36.4 Å². The van der Waals surface area contributed by atoms with Gasteiger partial charge in [0, 0.05) is 31.0 Å². The van der Waals surface area contributed by atoms with E-state index in [1.165, 1.54) is 19.5 Å². The maximum Gasteiger partial charge on any atom is 0.295 e. The van der Waals surface area contributed by atoms with Crippen molar-refractivity contribution in [1.82, 2.24) is 19.9 Å². The molecule has 1 amide bonds. The molecule has 0 atom stereocenters. The fourth-order valence-electron chi connectivity index (χ4n) is 4.22. The molecule has 160 valence electrons. The summed E-state index contributed by atoms with van der Waals surface area (Å²) in [6, 6.07) is 11.8. The largest absolute Gasteiger partial charge is 0.494 e. The molecule has 0 bridgehead atoms. The van der Waals surface area contributed by atoms with Gasteiger partial charge in [-0.3, -0.25) is 14.6 Å². The lowest BCUT2D eigenvalue weighted by Crippen LogP contribution is -2.40. The number of ether oxygens (including phenoxy) is 1. The van der Waals surface area contributed by atoms with Gasteiger partial charge in [0.15, 0.2) is 5.15 Å². The van der Waals surface area contributed by atoms with Gasteiger partial charge in [0.2, 0.25) is 0 Å². The number of carbonyl (C=O) groups excluding carboxylic acids is 2. The average molecular weight is 447 g/mol. The fraction of sp³-hybridized carbons (Fsp3) is 0.167. The number of nitrogens with zero attached hydrogens (tertiary/aromatic N) is 3. The third-order valence-electron chi connectivity index (χ3n) is 5.78. The molecular formula is C24H19ClN4O3. The minimum atomic E-state index is -0.610. The molecule has 8 heteroatoms. The SMILES string of the molecule is COc1cnc(Cl)c2[nH]cc(C(=O)C(=O)N3CCc4c(cccc4-c4ccccn4)C3)c12. The molecule has 3 aromatic heterocycles. The van der Waals surface area contributed by atoms with Crippen LogP contribution in [0.3, 0.4) is 0 Å². The second kappa shape index (κ2) is 8.09. The number of benzene rings is 1. The molecule has 0 unspecified atom stereocenters. The van der Waals surface area contributed by atoms with E-state index in [0.717, 1.165) is 22.4 Å². The number of aromatic amines is 1. The summed E-state index contributed by atoms with van der Waals surface area (Å²) < 4.78 is 5.33. The molecule has 1 N–H and O–H groups in total. The lowest BCUT2D eigenvalue weighted by atomic mass is 9.92. The number of nitrogens with one attached hydrogen (secondary N) is 1. The average Bonchev–Trinajstić information content (AvgIpc) is 3.29. The molecule has 0 radical (unpaired) electrons. The summed E-state index contributed by atoms with van der Waals surface area (Å²) in [7, 11) is 1.48. The van der Waals surface area contributed by atoms with Gasteiger partial charge < -0.3 is 14.6 Å². The molecule has 1 aromatic carbocycles. The van der Waals surface area contributed by atoms with E-state index < -0.39 is 11.7 Å². The van der Waals surface area contributed by atoms with Crippen LogP contribution >= 0.6 is 11.6 Å². The van der Waals surface area contributed by atoms with Crippen LogP contribution in [0.1, 0.15) is 21.5 Å². The van der Waals surface area contributed by atoms with E-state index in [9.17, 15) is 9.59 Å². The molecular weight excluding hydrogens is 428 g/mol. The standard InChI is InChI=1S/C24H19ClN4O3/c1-32-19-12-28-23(25)21-20(19)17(11-27-21)22(30)24(31)29-10-8-15-14(13-29)5-4-6-16(15)18-7-2-3-9-26-18/h2-7,9,11-12,27H,8,10,13H2,1H3. The number of rotatable bonds is 4. The van der Waals surface area contributed by atoms with E-state index >= 15 is 0 Å². The zero-order chi connectivity index (χ0) is 22.2. The third kappa shape index (κ3) is 3.31. The summed E-state index contributed by atoms with van der Waals surface area (Å²) in [5.74, 6) is -0.790. The van der Waals surface area contributed by atoms with Crippen molar-refractivity contribution in [1.29, 1.82) is 0 Å². The van der Waals surface area contributed by atoms with Gasteiger partial charge in [-0.1, -0.05) is 35.9 Å². The van der Waals surface area contributed by atoms with Gasteiger partial charge in [-0.15, -0.1) is 0 Å². The van der Waals surface area contributed by atoms with Crippen molar-refractivity contribution < 1.29 is 14.3 Å². The lowest BCUT2D eigenvalue weighted by Gasteiger charge is -2.29. The number of Topliss-reactive ketones (excluding diaryl/α,β-unsaturated/α-hetero) is 1. The molecule has 0 fully saturated rings. The minimum Gasteiger partial charge on any atom is -0.494 e. The van der Waals surface area contributed by atoms with Gasteiger partial charge in [-0.2, -0.15) is 0 Å². The lowest BCUT2D eigenvalue weighted by molar-refractivity contribution is -0.127. The van der Waals surface area contributed by atoms with Crippen LogP contribution in [0.25, 0.3) is 22.2 Å². The molecule has 5 rings (SSSR count). The van der Waals surface area contributed by atoms with E-state index in [4.69, 9.17) is 16.3 Å². The van der Waals surface area contributed by atoms with Crippen molar-refractivity contribution in [2.75, 3.05) is 13.7 Å². The molecule has 4 heterocycles. The number of fused-ring (bicyclic) bond motifs is 2. The molecule has 0 saturated carbocycles. The van der Waals surface area contributed by atoms with Crippen LogP contribution in [0.15, 0.2) is 55.0 Å². The van der Waals surface area contributed by atoms with Crippen LogP contribution in [0.2, 0.25) is 5.15 Å². The van der Waals surface area contributed by atoms with E-state index in [1.54, 1.807) is 11.1 Å². The Morgan fingerprint density at radius 3 is 2.81 bits per heavy atom. The first-order chi connectivity index (χ1) is 15.6. The topological polar surface area (TPSA) is 88.2 Å². The van der Waals surface area contributed by atoms with Gasteiger partial charge >= 0.3 is 0 Å². The summed E-state index contributed by atoms with van der Waals surface area (Å²) >= 11 is 6.14. The second-order valence-corrected chi connectivity index (χ2v) is 7.89. The molecule has 0 saturated heterocycles.